The fourth-order valence-electron chi connectivity index (χ4n) is 1.48. The second-order valence-electron chi connectivity index (χ2n) is 2.99. The van der Waals surface area contributed by atoms with Crippen LogP contribution in [0, 0.1) is 0 Å². The summed E-state index contributed by atoms with van der Waals surface area (Å²) >= 11 is 0. The number of fused-ring (bicyclic) bond motifs is 1. The van der Waals surface area contributed by atoms with Crippen molar-refractivity contribution in [3.8, 4) is 0 Å². The lowest BCUT2D eigenvalue weighted by molar-refractivity contribution is 0.197. The Hall–Kier alpha value is -1.46. The highest BCUT2D eigenvalue weighted by atomic mass is 16.3. The number of benzene rings is 1. The number of hydrogen-bond donors (Lipinski definition) is 2. The summed E-state index contributed by atoms with van der Waals surface area (Å²) in [5, 5.41) is 25.5. The molecule has 5 nitrogen and oxygen atoms in total. The van der Waals surface area contributed by atoms with Gasteiger partial charge in [0.2, 0.25) is 0 Å². The highest BCUT2D eigenvalue weighted by Gasteiger charge is 2.06. The molecule has 0 aliphatic heterocycles. The summed E-state index contributed by atoms with van der Waals surface area (Å²) in [6.07, 6.45) is 0.557. The van der Waals surface area contributed by atoms with Gasteiger partial charge in [0, 0.05) is 6.61 Å². The van der Waals surface area contributed by atoms with Gasteiger partial charge in [0.15, 0.2) is 0 Å². The second-order valence-corrected chi connectivity index (χ2v) is 2.99. The zero-order valence-electron chi connectivity index (χ0n) is 7.59. The predicted octanol–water partition coefficient (Wildman–Crippen LogP) is -0.0841. The molecule has 0 saturated carbocycles. The van der Waals surface area contributed by atoms with Gasteiger partial charge in [-0.25, -0.2) is 4.68 Å². The molecule has 0 bridgehead atoms. The zero-order valence-corrected chi connectivity index (χ0v) is 7.59. The Morgan fingerprint density at radius 3 is 2.86 bits per heavy atom. The van der Waals surface area contributed by atoms with Crippen LogP contribution in [-0.2, 0) is 13.2 Å². The van der Waals surface area contributed by atoms with Crippen molar-refractivity contribution < 1.29 is 10.2 Å². The van der Waals surface area contributed by atoms with Crippen LogP contribution >= 0.6 is 0 Å². The van der Waals surface area contributed by atoms with E-state index in [4.69, 9.17) is 10.2 Å². The van der Waals surface area contributed by atoms with Crippen LogP contribution in [0.3, 0.4) is 0 Å². The second kappa shape index (κ2) is 3.73. The third kappa shape index (κ3) is 1.36. The third-order valence-corrected chi connectivity index (χ3v) is 2.14. The summed E-state index contributed by atoms with van der Waals surface area (Å²) in [7, 11) is 0. The quantitative estimate of drug-likeness (QED) is 0.715. The molecule has 0 saturated heterocycles. The maximum atomic E-state index is 8.96. The van der Waals surface area contributed by atoms with Crippen LogP contribution < -0.4 is 0 Å². The van der Waals surface area contributed by atoms with Gasteiger partial charge in [0.05, 0.1) is 5.52 Å². The molecule has 0 radical (unpaired) electrons. The first-order chi connectivity index (χ1) is 6.86. The first kappa shape index (κ1) is 9.11. The van der Waals surface area contributed by atoms with Gasteiger partial charge in [0.25, 0.3) is 0 Å². The molecule has 2 aromatic rings. The highest BCUT2D eigenvalue weighted by Crippen LogP contribution is 2.15. The number of aliphatic hydroxyl groups is 2. The molecule has 0 aliphatic rings. The molecule has 2 N–H and O–H groups in total. The van der Waals surface area contributed by atoms with Crippen molar-refractivity contribution in [3.05, 3.63) is 23.8 Å². The molecule has 1 aromatic carbocycles. The zero-order chi connectivity index (χ0) is 9.97. The van der Waals surface area contributed by atoms with E-state index < -0.39 is 0 Å². The van der Waals surface area contributed by atoms with Gasteiger partial charge >= 0.3 is 0 Å². The molecule has 0 spiro atoms. The van der Waals surface area contributed by atoms with E-state index >= 15 is 0 Å². The Morgan fingerprint density at radius 2 is 2.14 bits per heavy atom. The monoisotopic (exact) mass is 193 g/mol. The largest absolute Gasteiger partial charge is 0.396 e. The maximum Gasteiger partial charge on any atom is 0.138 e. The SMILES string of the molecule is OCCc1cccc2c1nnn2CO. The maximum absolute atomic E-state index is 8.96. The minimum atomic E-state index is -0.181. The Balaban J connectivity index is 2.58. The average molecular weight is 193 g/mol. The van der Waals surface area contributed by atoms with Crippen LogP contribution in [0.4, 0.5) is 0 Å². The van der Waals surface area contributed by atoms with Gasteiger partial charge in [-0.3, -0.25) is 0 Å². The van der Waals surface area contributed by atoms with E-state index in [1.54, 1.807) is 0 Å². The smallest absolute Gasteiger partial charge is 0.138 e. The first-order valence-electron chi connectivity index (χ1n) is 4.39. The van der Waals surface area contributed by atoms with Gasteiger partial charge in [-0.2, -0.15) is 0 Å². The standard InChI is InChI=1S/C9H11N3O2/c13-5-4-7-2-1-3-8-9(7)10-11-12(8)6-14/h1-3,13-14H,4-6H2. The Morgan fingerprint density at radius 1 is 1.29 bits per heavy atom. The van der Waals surface area contributed by atoms with Crippen LogP contribution in [-0.4, -0.2) is 31.8 Å². The normalized spacial score (nSPS) is 11.0. The summed E-state index contributed by atoms with van der Waals surface area (Å²) in [6, 6.07) is 5.60. The molecule has 0 aliphatic carbocycles. The van der Waals surface area contributed by atoms with Crippen molar-refractivity contribution in [2.75, 3.05) is 6.61 Å². The van der Waals surface area contributed by atoms with E-state index in [9.17, 15) is 0 Å². The lowest BCUT2D eigenvalue weighted by Gasteiger charge is -1.99. The van der Waals surface area contributed by atoms with Crippen LogP contribution in [0.25, 0.3) is 11.0 Å². The lowest BCUT2D eigenvalue weighted by atomic mass is 10.1. The molecular formula is C9H11N3O2. The summed E-state index contributed by atoms with van der Waals surface area (Å²) in [5.41, 5.74) is 2.48. The van der Waals surface area contributed by atoms with E-state index in [0.717, 1.165) is 16.6 Å². The van der Waals surface area contributed by atoms with Gasteiger partial charge in [-0.05, 0) is 18.1 Å². The number of aliphatic hydroxyl groups excluding tert-OH is 2. The lowest BCUT2D eigenvalue weighted by Crippen LogP contribution is -1.98. The average Bonchev–Trinajstić information content (AvgIpc) is 2.62. The van der Waals surface area contributed by atoms with Gasteiger partial charge in [0.1, 0.15) is 12.2 Å². The predicted molar refractivity (Wildman–Crippen MR) is 50.5 cm³/mol. The number of hydrogen-bond acceptors (Lipinski definition) is 4. The van der Waals surface area contributed by atoms with Gasteiger partial charge in [-0.1, -0.05) is 17.3 Å². The molecular weight excluding hydrogens is 182 g/mol. The fraction of sp³-hybridized carbons (Fsp3) is 0.333. The van der Waals surface area contributed by atoms with Gasteiger partial charge in [-0.15, -0.1) is 5.10 Å². The van der Waals surface area contributed by atoms with Crippen molar-refractivity contribution in [1.29, 1.82) is 0 Å². The van der Waals surface area contributed by atoms with Crippen molar-refractivity contribution in [2.45, 2.75) is 13.2 Å². The molecule has 1 heterocycles. The van der Waals surface area contributed by atoms with E-state index in [1.807, 2.05) is 18.2 Å². The van der Waals surface area contributed by atoms with Crippen LogP contribution in [0.2, 0.25) is 0 Å². The Kier molecular flexibility index (Phi) is 2.43. The van der Waals surface area contributed by atoms with Crippen LogP contribution in [0.1, 0.15) is 5.56 Å². The number of rotatable bonds is 3. The molecule has 0 unspecified atom stereocenters. The molecule has 1 aromatic heterocycles. The summed E-state index contributed by atoms with van der Waals surface area (Å²) in [6.45, 7) is -0.0931. The fourth-order valence-corrected chi connectivity index (χ4v) is 1.48. The topological polar surface area (TPSA) is 71.2 Å². The van der Waals surface area contributed by atoms with Crippen molar-refractivity contribution in [2.24, 2.45) is 0 Å². The van der Waals surface area contributed by atoms with Crippen LogP contribution in [0.15, 0.2) is 18.2 Å². The first-order valence-corrected chi connectivity index (χ1v) is 4.39. The van der Waals surface area contributed by atoms with E-state index in [-0.39, 0.29) is 13.3 Å². The number of aromatic nitrogens is 3. The summed E-state index contributed by atoms with van der Waals surface area (Å²) in [5.74, 6) is 0. The molecule has 0 atom stereocenters. The molecule has 5 heteroatoms. The summed E-state index contributed by atoms with van der Waals surface area (Å²) in [4.78, 5) is 0. The third-order valence-electron chi connectivity index (χ3n) is 2.14. The van der Waals surface area contributed by atoms with Gasteiger partial charge < -0.3 is 10.2 Å². The van der Waals surface area contributed by atoms with Crippen molar-refractivity contribution in [3.63, 3.8) is 0 Å². The van der Waals surface area contributed by atoms with Crippen molar-refractivity contribution >= 4 is 11.0 Å². The molecule has 0 amide bonds. The molecule has 0 fully saturated rings. The van der Waals surface area contributed by atoms with E-state index in [0.29, 0.717) is 6.42 Å². The molecule has 14 heavy (non-hydrogen) atoms. The van der Waals surface area contributed by atoms with Crippen LogP contribution in [0.5, 0.6) is 0 Å². The molecule has 74 valence electrons. The Labute approximate surface area is 80.6 Å². The minimum Gasteiger partial charge on any atom is -0.396 e. The van der Waals surface area contributed by atoms with E-state index in [1.165, 1.54) is 4.68 Å². The highest BCUT2D eigenvalue weighted by molar-refractivity contribution is 5.77. The molecule has 2 rings (SSSR count). The summed E-state index contributed by atoms with van der Waals surface area (Å²) < 4.78 is 1.41. The number of nitrogens with zero attached hydrogens (tertiary/aromatic N) is 3. The van der Waals surface area contributed by atoms with E-state index in [2.05, 4.69) is 10.3 Å². The Bertz CT molecular complexity index is 439. The minimum absolute atomic E-state index is 0.0884. The van der Waals surface area contributed by atoms with Crippen molar-refractivity contribution in [1.82, 2.24) is 15.0 Å².